The first-order chi connectivity index (χ1) is 22.0. The van der Waals surface area contributed by atoms with Crippen LogP contribution in [0.2, 0.25) is 0 Å². The minimum Gasteiger partial charge on any atom is -0.455 e. The molecule has 3 heterocycles. The first-order valence-corrected chi connectivity index (χ1v) is 16.7. The number of likely N-dealkylation sites (tertiary alicyclic amines) is 1. The summed E-state index contributed by atoms with van der Waals surface area (Å²) in [5.41, 5.74) is -0.405. The van der Waals surface area contributed by atoms with Gasteiger partial charge < -0.3 is 29.3 Å². The minimum atomic E-state index is -1.14. The third-order valence-electron chi connectivity index (χ3n) is 9.97. The number of ether oxygens (including phenoxy) is 2. The van der Waals surface area contributed by atoms with Crippen LogP contribution < -0.4 is 0 Å². The number of amides is 3. The second-order valence-electron chi connectivity index (χ2n) is 13.1. The number of unbranched alkanes of at least 4 members (excludes halogenated alkanes) is 2. The highest BCUT2D eigenvalue weighted by atomic mass is 16.6. The topological polar surface area (TPSA) is 117 Å². The van der Waals surface area contributed by atoms with Crippen LogP contribution in [0.5, 0.6) is 0 Å². The largest absolute Gasteiger partial charge is 0.455 e. The number of nitrogens with zero attached hydrogens (tertiary/aromatic N) is 3. The Balaban J connectivity index is 1.66. The van der Waals surface area contributed by atoms with E-state index in [1.54, 1.807) is 33.9 Å². The van der Waals surface area contributed by atoms with Gasteiger partial charge in [0.05, 0.1) is 24.0 Å². The summed E-state index contributed by atoms with van der Waals surface area (Å²) in [6.45, 7) is 13.9. The molecular formula is C36H51N3O7. The zero-order valence-corrected chi connectivity index (χ0v) is 27.8. The standard InChI is InChI=1S/C36H51N3O7/c1-7-9-18-28(41)37(6)25(5)31(26-16-12-10-13-17-26)45-35(44)29-27-19-20-36(46-27)30(29)33(42)39(22-14-11-15-23-40)32(36)34(43)38(21-8-2)24(3)4/h7-8,10,12-13,16-17,24-25,27,29-32,40H,1-2,9,11,14-15,18-23H2,3-6H3/t25-,27+,29-,30-,31+,32+,36-/m0/s1. The molecule has 0 radical (unpaired) electrons. The van der Waals surface area contributed by atoms with Crippen molar-refractivity contribution >= 4 is 23.7 Å². The lowest BCUT2D eigenvalue weighted by atomic mass is 9.70. The van der Waals surface area contributed by atoms with Crippen molar-refractivity contribution in [1.29, 1.82) is 0 Å². The van der Waals surface area contributed by atoms with Gasteiger partial charge in [-0.15, -0.1) is 13.2 Å². The predicted octanol–water partition coefficient (Wildman–Crippen LogP) is 4.04. The number of allylic oxidation sites excluding steroid dienone is 1. The van der Waals surface area contributed by atoms with Crippen LogP contribution in [0.25, 0.3) is 0 Å². The molecule has 0 aliphatic carbocycles. The summed E-state index contributed by atoms with van der Waals surface area (Å²) in [5, 5.41) is 9.30. The van der Waals surface area contributed by atoms with Gasteiger partial charge in [-0.3, -0.25) is 19.2 Å². The molecule has 1 aromatic carbocycles. The molecular weight excluding hydrogens is 586 g/mol. The number of esters is 1. The van der Waals surface area contributed by atoms with Crippen LogP contribution in [0, 0.1) is 11.8 Å². The van der Waals surface area contributed by atoms with Gasteiger partial charge in [-0.1, -0.05) is 42.5 Å². The summed E-state index contributed by atoms with van der Waals surface area (Å²) in [6, 6.07) is 7.80. The fourth-order valence-corrected chi connectivity index (χ4v) is 7.49. The molecule has 1 spiro atoms. The maximum Gasteiger partial charge on any atom is 0.313 e. The van der Waals surface area contributed by atoms with Crippen molar-refractivity contribution < 1.29 is 33.8 Å². The Bertz CT molecular complexity index is 1270. The number of hydrogen-bond donors (Lipinski definition) is 1. The number of likely N-dealkylation sites (N-methyl/N-ethyl adjacent to an activating group) is 1. The van der Waals surface area contributed by atoms with Crippen molar-refractivity contribution in [2.24, 2.45) is 11.8 Å². The smallest absolute Gasteiger partial charge is 0.313 e. The quantitative estimate of drug-likeness (QED) is 0.156. The fraction of sp³-hybridized carbons (Fsp3) is 0.611. The van der Waals surface area contributed by atoms with E-state index in [-0.39, 0.29) is 30.4 Å². The molecule has 7 atom stereocenters. The summed E-state index contributed by atoms with van der Waals surface area (Å²) >= 11 is 0. The first-order valence-electron chi connectivity index (χ1n) is 16.7. The van der Waals surface area contributed by atoms with E-state index < -0.39 is 47.7 Å². The van der Waals surface area contributed by atoms with Gasteiger partial charge in [0, 0.05) is 39.2 Å². The number of rotatable bonds is 17. The molecule has 3 aliphatic rings. The fourth-order valence-electron chi connectivity index (χ4n) is 7.49. The summed E-state index contributed by atoms with van der Waals surface area (Å²) < 4.78 is 12.9. The molecule has 10 heteroatoms. The van der Waals surface area contributed by atoms with Gasteiger partial charge in [0.25, 0.3) is 0 Å². The van der Waals surface area contributed by atoms with Crippen LogP contribution in [0.3, 0.4) is 0 Å². The van der Waals surface area contributed by atoms with Crippen LogP contribution in [0.15, 0.2) is 55.6 Å². The summed E-state index contributed by atoms with van der Waals surface area (Å²) in [7, 11) is 1.70. The van der Waals surface area contributed by atoms with Crippen molar-refractivity contribution in [3.8, 4) is 0 Å². The highest BCUT2D eigenvalue weighted by Crippen LogP contribution is 2.59. The number of carbonyl (C=O) groups excluding carboxylic acids is 4. The first kappa shape index (κ1) is 35.4. The van der Waals surface area contributed by atoms with Gasteiger partial charge in [0.1, 0.15) is 17.7 Å². The van der Waals surface area contributed by atoms with Crippen molar-refractivity contribution in [2.45, 2.75) is 102 Å². The molecule has 0 unspecified atom stereocenters. The monoisotopic (exact) mass is 637 g/mol. The van der Waals surface area contributed by atoms with Crippen LogP contribution in [-0.4, -0.2) is 100 Å². The van der Waals surface area contributed by atoms with Gasteiger partial charge >= 0.3 is 5.97 Å². The Kier molecular flexibility index (Phi) is 11.8. The zero-order valence-electron chi connectivity index (χ0n) is 27.8. The minimum absolute atomic E-state index is 0.0537. The predicted molar refractivity (Wildman–Crippen MR) is 174 cm³/mol. The van der Waals surface area contributed by atoms with E-state index in [1.807, 2.05) is 51.1 Å². The number of aliphatic hydroxyl groups excluding tert-OH is 1. The van der Waals surface area contributed by atoms with Crippen molar-refractivity contribution in [3.63, 3.8) is 0 Å². The lowest BCUT2D eigenvalue weighted by molar-refractivity contribution is -0.164. The number of hydrogen-bond acceptors (Lipinski definition) is 7. The Hall–Kier alpha value is -3.50. The van der Waals surface area contributed by atoms with Gasteiger partial charge in [0.15, 0.2) is 0 Å². The second-order valence-corrected chi connectivity index (χ2v) is 13.1. The Morgan fingerprint density at radius 3 is 2.48 bits per heavy atom. The van der Waals surface area contributed by atoms with Crippen LogP contribution in [0.1, 0.15) is 77.4 Å². The lowest BCUT2D eigenvalue weighted by Crippen LogP contribution is -2.57. The van der Waals surface area contributed by atoms with E-state index in [1.165, 1.54) is 0 Å². The van der Waals surface area contributed by atoms with E-state index in [0.29, 0.717) is 58.0 Å². The number of carbonyl (C=O) groups is 4. The lowest BCUT2D eigenvalue weighted by Gasteiger charge is -2.38. The van der Waals surface area contributed by atoms with E-state index in [9.17, 15) is 24.3 Å². The number of aliphatic hydroxyl groups is 1. The average Bonchev–Trinajstić information content (AvgIpc) is 3.69. The Morgan fingerprint density at radius 2 is 1.85 bits per heavy atom. The third kappa shape index (κ3) is 6.79. The average molecular weight is 638 g/mol. The zero-order chi connectivity index (χ0) is 33.6. The molecule has 0 aromatic heterocycles. The highest BCUT2D eigenvalue weighted by molar-refractivity contribution is 5.98. The van der Waals surface area contributed by atoms with Crippen molar-refractivity contribution in [2.75, 3.05) is 26.7 Å². The van der Waals surface area contributed by atoms with Gasteiger partial charge in [-0.05, 0) is 64.9 Å². The number of fused-ring (bicyclic) bond motifs is 1. The van der Waals surface area contributed by atoms with Gasteiger partial charge in [-0.2, -0.15) is 0 Å². The van der Waals surface area contributed by atoms with E-state index >= 15 is 0 Å². The van der Waals surface area contributed by atoms with E-state index in [2.05, 4.69) is 13.2 Å². The Labute approximate surface area is 273 Å². The van der Waals surface area contributed by atoms with Crippen molar-refractivity contribution in [1.82, 2.24) is 14.7 Å². The molecule has 10 nitrogen and oxygen atoms in total. The molecule has 1 N–H and O–H groups in total. The van der Waals surface area contributed by atoms with E-state index in [0.717, 1.165) is 5.56 Å². The van der Waals surface area contributed by atoms with Crippen molar-refractivity contribution in [3.05, 3.63) is 61.2 Å². The molecule has 3 aliphatic heterocycles. The summed E-state index contributed by atoms with van der Waals surface area (Å²) in [6.07, 6.45) is 5.78. The van der Waals surface area contributed by atoms with Crippen LogP contribution in [0.4, 0.5) is 0 Å². The van der Waals surface area contributed by atoms with E-state index in [4.69, 9.17) is 9.47 Å². The maximum atomic E-state index is 14.3. The molecule has 3 saturated heterocycles. The molecule has 2 bridgehead atoms. The Morgan fingerprint density at radius 1 is 1.13 bits per heavy atom. The molecule has 252 valence electrons. The van der Waals surface area contributed by atoms with Gasteiger partial charge in [-0.25, -0.2) is 0 Å². The molecule has 4 rings (SSSR count). The maximum absolute atomic E-state index is 14.3. The molecule has 46 heavy (non-hydrogen) atoms. The number of benzene rings is 1. The second kappa shape index (κ2) is 15.4. The normalized spacial score (nSPS) is 26.0. The highest BCUT2D eigenvalue weighted by Gasteiger charge is 2.75. The molecule has 1 aromatic rings. The third-order valence-corrected chi connectivity index (χ3v) is 9.97. The summed E-state index contributed by atoms with van der Waals surface area (Å²) in [4.78, 5) is 60.8. The molecule has 3 fully saturated rings. The molecule has 0 saturated carbocycles. The van der Waals surface area contributed by atoms with Crippen LogP contribution >= 0.6 is 0 Å². The van der Waals surface area contributed by atoms with Gasteiger partial charge in [0.2, 0.25) is 17.7 Å². The van der Waals surface area contributed by atoms with Crippen LogP contribution in [-0.2, 0) is 28.7 Å². The summed E-state index contributed by atoms with van der Waals surface area (Å²) in [5.74, 6) is -2.87. The SMILES string of the molecule is C=CCCC(=O)N(C)[C@@H](C)[C@@H](OC(=O)[C@@H]1[C@H]2C(=O)N(CCCCCO)[C@H](C(=O)N(CC=C)C(C)C)[C@]23CC[C@H]1O3)c1ccccc1. The molecule has 3 amide bonds.